The largest absolute Gasteiger partial charge is 0.478 e. The van der Waals surface area contributed by atoms with Crippen LogP contribution in [0.5, 0.6) is 0 Å². The Morgan fingerprint density at radius 3 is 2.43 bits per heavy atom. The molecule has 14 heavy (non-hydrogen) atoms. The van der Waals surface area contributed by atoms with Gasteiger partial charge in [-0.05, 0) is 29.5 Å². The molecule has 1 N–H and O–H groups in total. The highest BCUT2D eigenvalue weighted by atomic mass is 16.4. The molecule has 1 aromatic carbocycles. The van der Waals surface area contributed by atoms with Crippen LogP contribution in [0.3, 0.4) is 0 Å². The summed E-state index contributed by atoms with van der Waals surface area (Å²) in [6, 6.07) is 7.17. The molecule has 0 aromatic heterocycles. The Labute approximate surface area is 84.6 Å². The zero-order valence-corrected chi connectivity index (χ0v) is 8.82. The maximum atomic E-state index is 10.7. The van der Waals surface area contributed by atoms with Crippen molar-refractivity contribution in [3.63, 3.8) is 0 Å². The number of hydrogen-bond donors (Lipinski definition) is 1. The average molecular weight is 192 g/mol. The second-order valence-electron chi connectivity index (χ2n) is 3.96. The third kappa shape index (κ3) is 2.34. The molecular formula is C12H16O2. The summed E-state index contributed by atoms with van der Waals surface area (Å²) in [7, 11) is 0. The highest BCUT2D eigenvalue weighted by Gasteiger charge is 2.11. The maximum absolute atomic E-state index is 10.7. The molecule has 0 saturated carbocycles. The number of aromatic carboxylic acids is 1. The zero-order chi connectivity index (χ0) is 10.7. The quantitative estimate of drug-likeness (QED) is 0.798. The number of carboxylic acid groups (broad SMARTS) is 1. The summed E-state index contributed by atoms with van der Waals surface area (Å²) in [6.45, 7) is 6.39. The lowest BCUT2D eigenvalue weighted by molar-refractivity contribution is 0.0696. The molecule has 0 aliphatic heterocycles. The van der Waals surface area contributed by atoms with Crippen LogP contribution in [0, 0.1) is 5.92 Å². The van der Waals surface area contributed by atoms with Crippen molar-refractivity contribution in [2.24, 2.45) is 5.92 Å². The van der Waals surface area contributed by atoms with E-state index in [2.05, 4.69) is 20.8 Å². The molecule has 0 spiro atoms. The van der Waals surface area contributed by atoms with Gasteiger partial charge in [-0.2, -0.15) is 0 Å². The number of benzene rings is 1. The fraction of sp³-hybridized carbons (Fsp3) is 0.417. The normalized spacial score (nSPS) is 12.9. The molecule has 0 aliphatic rings. The SMILES string of the molecule is CC(C)[C@@H](C)c1cccc(C(=O)O)c1. The van der Waals surface area contributed by atoms with E-state index in [1.165, 1.54) is 0 Å². The third-order valence-corrected chi connectivity index (χ3v) is 2.66. The number of hydrogen-bond acceptors (Lipinski definition) is 1. The van der Waals surface area contributed by atoms with Gasteiger partial charge in [0, 0.05) is 0 Å². The van der Waals surface area contributed by atoms with Crippen molar-refractivity contribution >= 4 is 5.97 Å². The van der Waals surface area contributed by atoms with Crippen molar-refractivity contribution in [1.29, 1.82) is 0 Å². The van der Waals surface area contributed by atoms with E-state index in [-0.39, 0.29) is 0 Å². The van der Waals surface area contributed by atoms with Crippen LogP contribution in [0.2, 0.25) is 0 Å². The second-order valence-corrected chi connectivity index (χ2v) is 3.96. The minimum atomic E-state index is -0.859. The molecule has 1 atom stereocenters. The Hall–Kier alpha value is -1.31. The van der Waals surface area contributed by atoms with Crippen LogP contribution in [0.1, 0.15) is 42.6 Å². The van der Waals surface area contributed by atoms with Gasteiger partial charge in [-0.1, -0.05) is 32.9 Å². The Bertz CT molecular complexity index is 329. The molecule has 1 aromatic rings. The van der Waals surface area contributed by atoms with E-state index in [9.17, 15) is 4.79 Å². The molecule has 0 amide bonds. The molecule has 76 valence electrons. The summed E-state index contributed by atoms with van der Waals surface area (Å²) in [6.07, 6.45) is 0. The summed E-state index contributed by atoms with van der Waals surface area (Å²) >= 11 is 0. The van der Waals surface area contributed by atoms with E-state index in [0.717, 1.165) is 5.56 Å². The molecule has 2 nitrogen and oxygen atoms in total. The minimum Gasteiger partial charge on any atom is -0.478 e. The predicted octanol–water partition coefficient (Wildman–Crippen LogP) is 3.14. The monoisotopic (exact) mass is 192 g/mol. The molecule has 0 unspecified atom stereocenters. The standard InChI is InChI=1S/C12H16O2/c1-8(2)9(3)10-5-4-6-11(7-10)12(13)14/h4-9H,1-3H3,(H,13,14)/t9-/m1/s1. The van der Waals surface area contributed by atoms with Gasteiger partial charge in [0.2, 0.25) is 0 Å². The first-order chi connectivity index (χ1) is 6.52. The van der Waals surface area contributed by atoms with E-state index in [1.54, 1.807) is 18.2 Å². The Kier molecular flexibility index (Phi) is 3.28. The lowest BCUT2D eigenvalue weighted by Gasteiger charge is -2.16. The summed E-state index contributed by atoms with van der Waals surface area (Å²) in [5.74, 6) is 0.0659. The molecule has 0 saturated heterocycles. The van der Waals surface area contributed by atoms with Crippen LogP contribution in [0.4, 0.5) is 0 Å². The van der Waals surface area contributed by atoms with Gasteiger partial charge < -0.3 is 5.11 Å². The first kappa shape index (κ1) is 10.8. The number of carbonyl (C=O) groups is 1. The average Bonchev–Trinajstić information content (AvgIpc) is 2.16. The Balaban J connectivity index is 2.99. The van der Waals surface area contributed by atoms with Gasteiger partial charge in [0.25, 0.3) is 0 Å². The molecular weight excluding hydrogens is 176 g/mol. The Morgan fingerprint density at radius 2 is 1.93 bits per heavy atom. The fourth-order valence-corrected chi connectivity index (χ4v) is 1.34. The molecule has 0 heterocycles. The highest BCUT2D eigenvalue weighted by Crippen LogP contribution is 2.24. The van der Waals surface area contributed by atoms with E-state index in [1.807, 2.05) is 6.07 Å². The van der Waals surface area contributed by atoms with E-state index in [4.69, 9.17) is 5.11 Å². The summed E-state index contributed by atoms with van der Waals surface area (Å²) in [5, 5.41) is 8.83. The van der Waals surface area contributed by atoms with Crippen molar-refractivity contribution in [3.05, 3.63) is 35.4 Å². The summed E-state index contributed by atoms with van der Waals surface area (Å²) < 4.78 is 0. The summed E-state index contributed by atoms with van der Waals surface area (Å²) in [4.78, 5) is 10.7. The van der Waals surface area contributed by atoms with Gasteiger partial charge in [0.1, 0.15) is 0 Å². The number of rotatable bonds is 3. The van der Waals surface area contributed by atoms with Crippen molar-refractivity contribution in [3.8, 4) is 0 Å². The fourth-order valence-electron chi connectivity index (χ4n) is 1.34. The van der Waals surface area contributed by atoms with Crippen molar-refractivity contribution < 1.29 is 9.90 Å². The summed E-state index contributed by atoms with van der Waals surface area (Å²) in [5.41, 5.74) is 1.47. The maximum Gasteiger partial charge on any atom is 0.335 e. The van der Waals surface area contributed by atoms with Gasteiger partial charge in [-0.3, -0.25) is 0 Å². The van der Waals surface area contributed by atoms with E-state index >= 15 is 0 Å². The zero-order valence-electron chi connectivity index (χ0n) is 8.82. The van der Waals surface area contributed by atoms with Gasteiger partial charge in [-0.15, -0.1) is 0 Å². The minimum absolute atomic E-state index is 0.370. The van der Waals surface area contributed by atoms with Crippen LogP contribution >= 0.6 is 0 Å². The van der Waals surface area contributed by atoms with Crippen LogP contribution < -0.4 is 0 Å². The second kappa shape index (κ2) is 4.27. The molecule has 0 aliphatic carbocycles. The van der Waals surface area contributed by atoms with Gasteiger partial charge >= 0.3 is 5.97 Å². The lowest BCUT2D eigenvalue weighted by atomic mass is 9.89. The highest BCUT2D eigenvalue weighted by molar-refractivity contribution is 5.87. The molecule has 0 radical (unpaired) electrons. The van der Waals surface area contributed by atoms with Gasteiger partial charge in [0.05, 0.1) is 5.56 Å². The smallest absolute Gasteiger partial charge is 0.335 e. The first-order valence-electron chi connectivity index (χ1n) is 4.85. The Morgan fingerprint density at radius 1 is 1.29 bits per heavy atom. The van der Waals surface area contributed by atoms with Crippen LogP contribution in [-0.2, 0) is 0 Å². The predicted molar refractivity (Wildman–Crippen MR) is 56.7 cm³/mol. The first-order valence-corrected chi connectivity index (χ1v) is 4.85. The molecule has 0 fully saturated rings. The van der Waals surface area contributed by atoms with Crippen LogP contribution in [0.15, 0.2) is 24.3 Å². The van der Waals surface area contributed by atoms with E-state index < -0.39 is 5.97 Å². The van der Waals surface area contributed by atoms with Crippen LogP contribution in [-0.4, -0.2) is 11.1 Å². The number of carboxylic acids is 1. The van der Waals surface area contributed by atoms with Crippen molar-refractivity contribution in [2.75, 3.05) is 0 Å². The van der Waals surface area contributed by atoms with Gasteiger partial charge in [0.15, 0.2) is 0 Å². The van der Waals surface area contributed by atoms with Crippen molar-refractivity contribution in [2.45, 2.75) is 26.7 Å². The molecule has 0 bridgehead atoms. The molecule has 1 rings (SSSR count). The lowest BCUT2D eigenvalue weighted by Crippen LogP contribution is -2.04. The topological polar surface area (TPSA) is 37.3 Å². The third-order valence-electron chi connectivity index (χ3n) is 2.66. The van der Waals surface area contributed by atoms with Gasteiger partial charge in [-0.25, -0.2) is 4.79 Å². The van der Waals surface area contributed by atoms with Crippen LogP contribution in [0.25, 0.3) is 0 Å². The molecule has 2 heteroatoms. The van der Waals surface area contributed by atoms with E-state index in [0.29, 0.717) is 17.4 Å². The van der Waals surface area contributed by atoms with Crippen molar-refractivity contribution in [1.82, 2.24) is 0 Å².